The summed E-state index contributed by atoms with van der Waals surface area (Å²) >= 11 is 0. The Kier molecular flexibility index (Phi) is 10.6. The van der Waals surface area contributed by atoms with E-state index in [4.69, 9.17) is 18.5 Å². The van der Waals surface area contributed by atoms with Gasteiger partial charge in [0.15, 0.2) is 0 Å². The molecule has 0 fully saturated rings. The van der Waals surface area contributed by atoms with Crippen LogP contribution in [0.25, 0.3) is 73.0 Å². The molecule has 3 aromatic heterocycles. The van der Waals surface area contributed by atoms with Crippen molar-refractivity contribution in [1.82, 2.24) is 19.5 Å². The molecule has 0 spiro atoms. The maximum Gasteiger partial charge on any atom is 0.215 e. The van der Waals surface area contributed by atoms with Crippen LogP contribution in [0.4, 0.5) is 0 Å². The van der Waals surface area contributed by atoms with E-state index < -0.39 is 6.85 Å². The Morgan fingerprint density at radius 1 is 0.684 bits per heavy atom. The van der Waals surface area contributed by atoms with Crippen LogP contribution in [-0.2, 0) is 20.1 Å². The average molecular weight is 924 g/mol. The Bertz CT molecular complexity index is 2840. The number of para-hydroxylation sites is 3. The van der Waals surface area contributed by atoms with Gasteiger partial charge in [-0.05, 0) is 70.9 Å². The maximum atomic E-state index is 7.26. The third kappa shape index (κ3) is 8.16. The van der Waals surface area contributed by atoms with Crippen LogP contribution in [-0.4, -0.2) is 19.5 Å². The molecule has 57 heavy (non-hydrogen) atoms. The van der Waals surface area contributed by atoms with E-state index in [1.807, 2.05) is 67.6 Å². The predicted molar refractivity (Wildman–Crippen MR) is 230 cm³/mol. The Balaban J connectivity index is 0.000000255. The van der Waals surface area contributed by atoms with Crippen LogP contribution in [0, 0.1) is 25.9 Å². The zero-order chi connectivity index (χ0) is 41.3. The Morgan fingerprint density at radius 3 is 1.98 bits per heavy atom. The van der Waals surface area contributed by atoms with E-state index in [1.165, 1.54) is 23.0 Å². The summed E-state index contributed by atoms with van der Waals surface area (Å²) in [6.07, 6.45) is 1.40. The summed E-state index contributed by atoms with van der Waals surface area (Å²) in [5, 5.41) is 0. The van der Waals surface area contributed by atoms with Crippen LogP contribution < -0.4 is 0 Å². The zero-order valence-electron chi connectivity index (χ0n) is 35.5. The van der Waals surface area contributed by atoms with Crippen molar-refractivity contribution in [2.75, 3.05) is 0 Å². The molecule has 3 heterocycles. The van der Waals surface area contributed by atoms with Crippen LogP contribution in [0.2, 0.25) is 0 Å². The molecule has 1 radical (unpaired) electrons. The fourth-order valence-corrected chi connectivity index (χ4v) is 7.04. The number of nitrogens with zero attached hydrogens (tertiary/aromatic N) is 4. The van der Waals surface area contributed by atoms with Gasteiger partial charge in [-0.15, -0.1) is 47.0 Å². The first-order valence-electron chi connectivity index (χ1n) is 20.5. The van der Waals surface area contributed by atoms with E-state index >= 15 is 0 Å². The minimum absolute atomic E-state index is 0. The van der Waals surface area contributed by atoms with E-state index in [-0.39, 0.29) is 25.7 Å². The summed E-state index contributed by atoms with van der Waals surface area (Å²) < 4.78 is 30.5. The third-order valence-corrected chi connectivity index (χ3v) is 9.90. The summed E-state index contributed by atoms with van der Waals surface area (Å²) in [5.41, 5.74) is 14.0. The van der Waals surface area contributed by atoms with Gasteiger partial charge in [0.25, 0.3) is 0 Å². The molecular weight excluding hydrogens is 877 g/mol. The van der Waals surface area contributed by atoms with E-state index in [0.29, 0.717) is 23.3 Å². The summed E-state index contributed by atoms with van der Waals surface area (Å²) in [7, 11) is 0. The molecule has 6 heteroatoms. The number of aryl methyl sites for hydroxylation is 2. The van der Waals surface area contributed by atoms with E-state index in [2.05, 4.69) is 116 Å². The summed E-state index contributed by atoms with van der Waals surface area (Å²) in [4.78, 5) is 14.4. The molecule has 0 atom stereocenters. The number of benzene rings is 6. The van der Waals surface area contributed by atoms with Gasteiger partial charge in [-0.3, -0.25) is 9.97 Å². The predicted octanol–water partition coefficient (Wildman–Crippen LogP) is 13.4. The second kappa shape index (κ2) is 17.1. The van der Waals surface area contributed by atoms with Crippen molar-refractivity contribution in [2.45, 2.75) is 53.3 Å². The van der Waals surface area contributed by atoms with Gasteiger partial charge < -0.3 is 14.0 Å². The van der Waals surface area contributed by atoms with Gasteiger partial charge in [-0.2, -0.15) is 0 Å². The number of aromatic nitrogens is 4. The number of hydrogen-bond donors (Lipinski definition) is 0. The minimum Gasteiger partial charge on any atom is -0.457 e. The molecule has 9 rings (SSSR count). The van der Waals surface area contributed by atoms with Gasteiger partial charge in [0, 0.05) is 47.2 Å². The second-order valence-corrected chi connectivity index (χ2v) is 14.6. The summed E-state index contributed by atoms with van der Waals surface area (Å²) in [6.45, 7) is 8.92. The van der Waals surface area contributed by atoms with Gasteiger partial charge in [0.1, 0.15) is 0 Å². The zero-order valence-corrected chi connectivity index (χ0v) is 34.9. The van der Waals surface area contributed by atoms with Crippen molar-refractivity contribution < 1.29 is 28.6 Å². The Hall–Kier alpha value is -5.94. The molecule has 5 nitrogen and oxygen atoms in total. The summed E-state index contributed by atoms with van der Waals surface area (Å²) in [6, 6.07) is 53.4. The molecule has 0 unspecified atom stereocenters. The number of pyridine rings is 1. The Morgan fingerprint density at radius 2 is 1.35 bits per heavy atom. The van der Waals surface area contributed by atoms with Crippen LogP contribution in [0.3, 0.4) is 0 Å². The smallest absolute Gasteiger partial charge is 0.215 e. The molecule has 0 aliphatic heterocycles. The number of imidazole rings is 1. The van der Waals surface area contributed by atoms with Crippen molar-refractivity contribution in [3.05, 3.63) is 180 Å². The molecule has 0 aliphatic carbocycles. The van der Waals surface area contributed by atoms with Gasteiger partial charge in [-0.1, -0.05) is 137 Å². The largest absolute Gasteiger partial charge is 0.457 e. The van der Waals surface area contributed by atoms with Crippen LogP contribution in [0.15, 0.2) is 150 Å². The van der Waals surface area contributed by atoms with Gasteiger partial charge in [0.2, 0.25) is 5.89 Å². The van der Waals surface area contributed by atoms with Crippen LogP contribution in [0.5, 0.6) is 0 Å². The molecular formula is C51H44IrN4O-2. The van der Waals surface area contributed by atoms with Crippen molar-refractivity contribution in [1.29, 1.82) is 0 Å². The van der Waals surface area contributed by atoms with Crippen LogP contribution >= 0.6 is 0 Å². The molecule has 285 valence electrons. The van der Waals surface area contributed by atoms with E-state index in [0.717, 1.165) is 61.4 Å². The standard InChI is InChI=1S/C38H32N3O.C13H12N.Ir/c1-24(2)29-18-13-19-30(25(3)4)36(29)41-33-21-12-11-20-32(33)39-37(41)28-22-31(26-14-7-5-8-15-26)35-34(23-28)42-38(40-35)27-16-9-6-10-17-27;1-10-3-6-12(7-4-10)13-8-5-11(2)9-14-13;/h5-22,24-25H,1-4H3;3-6,8-9H,1-2H3;/q2*-1;/i;2D3;. The third-order valence-electron chi connectivity index (χ3n) is 9.90. The molecule has 9 aromatic rings. The number of oxazole rings is 1. The topological polar surface area (TPSA) is 56.7 Å². The van der Waals surface area contributed by atoms with Crippen molar-refractivity contribution >= 4 is 22.1 Å². The average Bonchev–Trinajstić information content (AvgIpc) is 3.86. The quantitative estimate of drug-likeness (QED) is 0.149. The first-order valence-corrected chi connectivity index (χ1v) is 19.0. The maximum absolute atomic E-state index is 7.26. The SMILES string of the molecule is CC(C)c1cccc(C(C)C)c1-n1c(-c2[c-]c3oc(-c4ccccc4)nc3c(-c3ccccc3)c2)nc2ccccc21.[2H]C([2H])([2H])c1ccc(-c2[c-]cc(C)cc2)nc1.[Ir]. The van der Waals surface area contributed by atoms with Gasteiger partial charge in [0.05, 0.1) is 22.4 Å². The fraction of sp³-hybridized carbons (Fsp3) is 0.157. The molecule has 0 saturated heterocycles. The molecule has 0 saturated carbocycles. The van der Waals surface area contributed by atoms with Gasteiger partial charge >= 0.3 is 0 Å². The van der Waals surface area contributed by atoms with Crippen molar-refractivity contribution in [3.63, 3.8) is 0 Å². The summed E-state index contributed by atoms with van der Waals surface area (Å²) in [5.74, 6) is 2.09. The molecule has 0 N–H and O–H groups in total. The minimum atomic E-state index is -2.09. The molecule has 6 aromatic carbocycles. The molecule has 0 amide bonds. The number of rotatable bonds is 7. The van der Waals surface area contributed by atoms with Gasteiger partial charge in [-0.25, -0.2) is 0 Å². The molecule has 0 bridgehead atoms. The van der Waals surface area contributed by atoms with Crippen LogP contribution in [0.1, 0.15) is 65.9 Å². The van der Waals surface area contributed by atoms with E-state index in [1.54, 1.807) is 12.1 Å². The van der Waals surface area contributed by atoms with E-state index in [9.17, 15) is 0 Å². The van der Waals surface area contributed by atoms with Crippen molar-refractivity contribution in [3.8, 4) is 50.9 Å². The monoisotopic (exact) mass is 924 g/mol. The Labute approximate surface area is 353 Å². The second-order valence-electron chi connectivity index (χ2n) is 14.6. The first kappa shape index (κ1) is 35.5. The number of fused-ring (bicyclic) bond motifs is 2. The fourth-order valence-electron chi connectivity index (χ4n) is 7.04. The number of hydrogen-bond acceptors (Lipinski definition) is 4. The first-order chi connectivity index (χ1) is 28.5. The normalized spacial score (nSPS) is 12.2. The molecule has 0 aliphatic rings. The van der Waals surface area contributed by atoms with Crippen molar-refractivity contribution in [2.24, 2.45) is 0 Å².